The number of hydrazine groups is 1. The summed E-state index contributed by atoms with van der Waals surface area (Å²) in [4.78, 5) is 7.05. The van der Waals surface area contributed by atoms with E-state index in [1.165, 1.54) is 12.8 Å². The maximum Gasteiger partial charge on any atom is 0.140 e. The molecule has 108 valence electrons. The number of pyridine rings is 1. The highest BCUT2D eigenvalue weighted by Gasteiger charge is 2.17. The van der Waals surface area contributed by atoms with Crippen LogP contribution in [-0.2, 0) is 6.54 Å². The molecule has 3 N–H and O–H groups in total. The average molecular weight is 264 g/mol. The highest BCUT2D eigenvalue weighted by molar-refractivity contribution is 5.33. The Bertz CT molecular complexity index is 361. The van der Waals surface area contributed by atoms with Gasteiger partial charge in [0.1, 0.15) is 5.82 Å². The van der Waals surface area contributed by atoms with Crippen LogP contribution in [0.15, 0.2) is 18.2 Å². The second-order valence-corrected chi connectivity index (χ2v) is 5.45. The zero-order chi connectivity index (χ0) is 14.3. The van der Waals surface area contributed by atoms with Crippen LogP contribution in [-0.4, -0.2) is 22.5 Å². The van der Waals surface area contributed by atoms with E-state index in [1.807, 2.05) is 12.1 Å². The second-order valence-electron chi connectivity index (χ2n) is 5.45. The molecule has 0 aliphatic heterocycles. The Morgan fingerprint density at radius 3 is 2.47 bits per heavy atom. The highest BCUT2D eigenvalue weighted by Crippen LogP contribution is 2.15. The van der Waals surface area contributed by atoms with Crippen molar-refractivity contribution in [3.05, 3.63) is 23.9 Å². The fourth-order valence-electron chi connectivity index (χ4n) is 2.47. The summed E-state index contributed by atoms with van der Waals surface area (Å²) >= 11 is 0. The first kappa shape index (κ1) is 15.9. The van der Waals surface area contributed by atoms with Gasteiger partial charge in [0, 0.05) is 19.1 Å². The third kappa shape index (κ3) is 5.17. The third-order valence-corrected chi connectivity index (χ3v) is 3.38. The highest BCUT2D eigenvalue weighted by atomic mass is 15.3. The monoisotopic (exact) mass is 264 g/mol. The lowest BCUT2D eigenvalue weighted by molar-refractivity contribution is 0.155. The molecule has 0 saturated heterocycles. The van der Waals surface area contributed by atoms with Gasteiger partial charge in [-0.1, -0.05) is 33.8 Å². The molecule has 0 spiro atoms. The summed E-state index contributed by atoms with van der Waals surface area (Å²) in [5, 5.41) is 0. The van der Waals surface area contributed by atoms with Gasteiger partial charge in [-0.2, -0.15) is 0 Å². The maximum atomic E-state index is 5.42. The van der Waals surface area contributed by atoms with Crippen molar-refractivity contribution in [1.29, 1.82) is 0 Å². The lowest BCUT2D eigenvalue weighted by Gasteiger charge is -2.31. The van der Waals surface area contributed by atoms with Gasteiger partial charge in [-0.05, 0) is 30.9 Å². The lowest BCUT2D eigenvalue weighted by atomic mass is 10.1. The van der Waals surface area contributed by atoms with Crippen molar-refractivity contribution in [2.24, 2.45) is 11.8 Å². The van der Waals surface area contributed by atoms with E-state index in [-0.39, 0.29) is 0 Å². The van der Waals surface area contributed by atoms with Crippen LogP contribution in [0.25, 0.3) is 0 Å². The molecule has 1 heterocycles. The Balaban J connectivity index is 2.80. The standard InChI is InChI=1S/C15H28N4/c1-5-14(6-2)19(10-12(3)4)11-13-8-7-9-15(17-13)18-16/h7-9,12,14H,5-6,10-11,16H2,1-4H3,(H,17,18). The Hall–Kier alpha value is -1.13. The summed E-state index contributed by atoms with van der Waals surface area (Å²) in [6.45, 7) is 11.0. The fraction of sp³-hybridized carbons (Fsp3) is 0.667. The van der Waals surface area contributed by atoms with Crippen molar-refractivity contribution in [3.63, 3.8) is 0 Å². The van der Waals surface area contributed by atoms with Gasteiger partial charge in [0.2, 0.25) is 0 Å². The summed E-state index contributed by atoms with van der Waals surface area (Å²) in [5.41, 5.74) is 3.68. The number of rotatable bonds is 8. The van der Waals surface area contributed by atoms with Gasteiger partial charge in [-0.15, -0.1) is 0 Å². The van der Waals surface area contributed by atoms with Gasteiger partial charge in [0.25, 0.3) is 0 Å². The number of aromatic nitrogens is 1. The van der Waals surface area contributed by atoms with Crippen LogP contribution in [0, 0.1) is 5.92 Å². The first-order chi connectivity index (χ1) is 9.10. The van der Waals surface area contributed by atoms with E-state index in [2.05, 4.69) is 49.1 Å². The molecule has 0 aliphatic carbocycles. The van der Waals surface area contributed by atoms with E-state index in [0.29, 0.717) is 12.0 Å². The summed E-state index contributed by atoms with van der Waals surface area (Å²) in [5.74, 6) is 6.81. The van der Waals surface area contributed by atoms with Crippen LogP contribution in [0.5, 0.6) is 0 Å². The Kier molecular flexibility index (Phi) is 6.81. The predicted octanol–water partition coefficient (Wildman–Crippen LogP) is 3.01. The topological polar surface area (TPSA) is 54.2 Å². The first-order valence-electron chi connectivity index (χ1n) is 7.27. The molecule has 0 unspecified atom stereocenters. The molecule has 0 aromatic carbocycles. The quantitative estimate of drug-likeness (QED) is 0.560. The molecule has 1 rings (SSSR count). The van der Waals surface area contributed by atoms with Crippen molar-refractivity contribution in [1.82, 2.24) is 9.88 Å². The number of hydrogen-bond donors (Lipinski definition) is 2. The predicted molar refractivity (Wildman–Crippen MR) is 81.7 cm³/mol. The molecule has 0 atom stereocenters. The molecule has 0 saturated carbocycles. The van der Waals surface area contributed by atoms with Gasteiger partial charge in [-0.3, -0.25) is 4.90 Å². The zero-order valence-corrected chi connectivity index (χ0v) is 12.7. The molecule has 1 aromatic rings. The van der Waals surface area contributed by atoms with Gasteiger partial charge >= 0.3 is 0 Å². The molecular weight excluding hydrogens is 236 g/mol. The van der Waals surface area contributed by atoms with E-state index in [0.717, 1.165) is 24.6 Å². The molecule has 0 aliphatic rings. The van der Waals surface area contributed by atoms with E-state index in [1.54, 1.807) is 0 Å². The largest absolute Gasteiger partial charge is 0.308 e. The summed E-state index contributed by atoms with van der Waals surface area (Å²) in [7, 11) is 0. The van der Waals surface area contributed by atoms with E-state index in [9.17, 15) is 0 Å². The van der Waals surface area contributed by atoms with Crippen LogP contribution < -0.4 is 11.3 Å². The molecule has 1 aromatic heterocycles. The number of hydrogen-bond acceptors (Lipinski definition) is 4. The van der Waals surface area contributed by atoms with Crippen LogP contribution in [0.3, 0.4) is 0 Å². The first-order valence-corrected chi connectivity index (χ1v) is 7.27. The van der Waals surface area contributed by atoms with Gasteiger partial charge in [0.15, 0.2) is 0 Å². The van der Waals surface area contributed by atoms with Crippen molar-refractivity contribution in [2.75, 3.05) is 12.0 Å². The van der Waals surface area contributed by atoms with Gasteiger partial charge in [-0.25, -0.2) is 10.8 Å². The molecule has 0 amide bonds. The Morgan fingerprint density at radius 2 is 1.95 bits per heavy atom. The van der Waals surface area contributed by atoms with Crippen LogP contribution in [0.2, 0.25) is 0 Å². The summed E-state index contributed by atoms with van der Waals surface area (Å²) < 4.78 is 0. The number of anilines is 1. The average Bonchev–Trinajstić information content (AvgIpc) is 2.39. The normalized spacial score (nSPS) is 11.6. The minimum atomic E-state index is 0.624. The van der Waals surface area contributed by atoms with Gasteiger partial charge in [0.05, 0.1) is 5.69 Å². The van der Waals surface area contributed by atoms with Crippen molar-refractivity contribution >= 4 is 5.82 Å². The zero-order valence-electron chi connectivity index (χ0n) is 12.7. The second kappa shape index (κ2) is 8.12. The minimum Gasteiger partial charge on any atom is -0.308 e. The smallest absolute Gasteiger partial charge is 0.140 e. The molecule has 4 heteroatoms. The third-order valence-electron chi connectivity index (χ3n) is 3.38. The van der Waals surface area contributed by atoms with E-state index < -0.39 is 0 Å². The number of nitrogens with two attached hydrogens (primary N) is 1. The SMILES string of the molecule is CCC(CC)N(Cc1cccc(NN)n1)CC(C)C. The lowest BCUT2D eigenvalue weighted by Crippen LogP contribution is -2.37. The number of nitrogens with one attached hydrogen (secondary N) is 1. The minimum absolute atomic E-state index is 0.624. The molecule has 0 fully saturated rings. The van der Waals surface area contributed by atoms with Crippen LogP contribution in [0.4, 0.5) is 5.82 Å². The Morgan fingerprint density at radius 1 is 1.26 bits per heavy atom. The maximum absolute atomic E-state index is 5.42. The molecule has 0 bridgehead atoms. The molecule has 4 nitrogen and oxygen atoms in total. The number of nitrogen functional groups attached to an aromatic ring is 1. The molecular formula is C15H28N4. The van der Waals surface area contributed by atoms with Crippen molar-refractivity contribution < 1.29 is 0 Å². The van der Waals surface area contributed by atoms with Crippen LogP contribution in [0.1, 0.15) is 46.2 Å². The van der Waals surface area contributed by atoms with Crippen molar-refractivity contribution in [2.45, 2.75) is 53.1 Å². The van der Waals surface area contributed by atoms with E-state index in [4.69, 9.17) is 5.84 Å². The summed E-state index contributed by atoms with van der Waals surface area (Å²) in [6.07, 6.45) is 2.36. The Labute approximate surface area is 117 Å². The van der Waals surface area contributed by atoms with E-state index >= 15 is 0 Å². The number of nitrogens with zero attached hydrogens (tertiary/aromatic N) is 2. The van der Waals surface area contributed by atoms with Crippen LogP contribution >= 0.6 is 0 Å². The van der Waals surface area contributed by atoms with Crippen molar-refractivity contribution in [3.8, 4) is 0 Å². The fourth-order valence-corrected chi connectivity index (χ4v) is 2.47. The van der Waals surface area contributed by atoms with Gasteiger partial charge < -0.3 is 5.43 Å². The molecule has 0 radical (unpaired) electrons. The summed E-state index contributed by atoms with van der Waals surface area (Å²) in [6, 6.07) is 6.57. The molecule has 19 heavy (non-hydrogen) atoms.